The summed E-state index contributed by atoms with van der Waals surface area (Å²) in [5.41, 5.74) is 2.11. The predicted molar refractivity (Wildman–Crippen MR) is 86.6 cm³/mol. The summed E-state index contributed by atoms with van der Waals surface area (Å²) in [6, 6.07) is 8.01. The van der Waals surface area contributed by atoms with Crippen LogP contribution >= 0.6 is 11.8 Å². The van der Waals surface area contributed by atoms with Crippen molar-refractivity contribution in [3.63, 3.8) is 0 Å². The number of nitrogens with one attached hydrogen (secondary N) is 1. The van der Waals surface area contributed by atoms with Gasteiger partial charge in [-0.15, -0.1) is 0 Å². The number of carbonyl (C=O) groups excluding carboxylic acids is 1. The maximum absolute atomic E-state index is 11.9. The molecule has 1 saturated heterocycles. The monoisotopic (exact) mass is 290 g/mol. The molecule has 0 spiro atoms. The molecule has 1 amide bonds. The van der Waals surface area contributed by atoms with E-state index < -0.39 is 0 Å². The van der Waals surface area contributed by atoms with Gasteiger partial charge < -0.3 is 5.32 Å². The molecule has 1 heterocycles. The van der Waals surface area contributed by atoms with Gasteiger partial charge in [-0.25, -0.2) is 4.99 Å². The Labute approximate surface area is 125 Å². The number of nitrogens with zero attached hydrogens (tertiary/aromatic N) is 1. The molecule has 0 aromatic heterocycles. The van der Waals surface area contributed by atoms with E-state index >= 15 is 0 Å². The molecule has 1 unspecified atom stereocenters. The Bertz CT molecular complexity index is 482. The van der Waals surface area contributed by atoms with Gasteiger partial charge in [-0.05, 0) is 25.5 Å². The number of aryl methyl sites for hydroxylation is 1. The van der Waals surface area contributed by atoms with Gasteiger partial charge in [0, 0.05) is 0 Å². The van der Waals surface area contributed by atoms with Crippen molar-refractivity contribution in [2.24, 2.45) is 4.99 Å². The summed E-state index contributed by atoms with van der Waals surface area (Å²) >= 11 is 1.57. The topological polar surface area (TPSA) is 41.5 Å². The molecule has 1 aliphatic heterocycles. The van der Waals surface area contributed by atoms with Gasteiger partial charge in [0.2, 0.25) is 5.91 Å². The van der Waals surface area contributed by atoms with E-state index in [1.807, 2.05) is 24.3 Å². The van der Waals surface area contributed by atoms with Crippen LogP contribution in [0, 0.1) is 6.92 Å². The van der Waals surface area contributed by atoms with E-state index in [0.717, 1.165) is 23.7 Å². The second-order valence-corrected chi connectivity index (χ2v) is 6.39. The van der Waals surface area contributed by atoms with E-state index in [1.165, 1.54) is 24.8 Å². The van der Waals surface area contributed by atoms with Crippen LogP contribution in [0.4, 0.5) is 5.69 Å². The van der Waals surface area contributed by atoms with E-state index in [-0.39, 0.29) is 11.2 Å². The first-order chi connectivity index (χ1) is 9.69. The summed E-state index contributed by atoms with van der Waals surface area (Å²) in [7, 11) is 0. The molecule has 4 heteroatoms. The fraction of sp³-hybridized carbons (Fsp3) is 0.500. The molecular formula is C16H22N2OS. The predicted octanol–water partition coefficient (Wildman–Crippen LogP) is 4.18. The number of amidine groups is 1. The van der Waals surface area contributed by atoms with Gasteiger partial charge in [-0.2, -0.15) is 0 Å². The molecule has 1 atom stereocenters. The van der Waals surface area contributed by atoms with Crippen molar-refractivity contribution in [3.05, 3.63) is 29.8 Å². The zero-order valence-electron chi connectivity index (χ0n) is 12.2. The lowest BCUT2D eigenvalue weighted by atomic mass is 10.1. The molecule has 20 heavy (non-hydrogen) atoms. The largest absolute Gasteiger partial charge is 0.304 e. The van der Waals surface area contributed by atoms with Crippen molar-refractivity contribution in [1.29, 1.82) is 0 Å². The second-order valence-electron chi connectivity index (χ2n) is 5.20. The number of rotatable bonds is 6. The number of amides is 1. The van der Waals surface area contributed by atoms with Gasteiger partial charge in [-0.1, -0.05) is 62.1 Å². The van der Waals surface area contributed by atoms with Crippen molar-refractivity contribution >= 4 is 28.5 Å². The average molecular weight is 290 g/mol. The lowest BCUT2D eigenvalue weighted by molar-refractivity contribution is -0.118. The minimum absolute atomic E-state index is 0.0380. The summed E-state index contributed by atoms with van der Waals surface area (Å²) in [5, 5.41) is 3.66. The molecule has 1 aromatic rings. The Kier molecular flexibility index (Phi) is 5.65. The zero-order valence-corrected chi connectivity index (χ0v) is 13.0. The Hall–Kier alpha value is -1.29. The standard InChI is InChI=1S/C16H22N2OS/c1-3-4-5-6-7-14-15(19)18-16(20-14)17-13-10-8-12(2)9-11-13/h8-11,14H,3-7H2,1-2H3,(H,17,18,19). The molecule has 0 bridgehead atoms. The van der Waals surface area contributed by atoms with Crippen molar-refractivity contribution < 1.29 is 4.79 Å². The van der Waals surface area contributed by atoms with Gasteiger partial charge in [0.15, 0.2) is 5.17 Å². The Morgan fingerprint density at radius 2 is 1.95 bits per heavy atom. The van der Waals surface area contributed by atoms with Crippen LogP contribution in [0.5, 0.6) is 0 Å². The number of hydrogen-bond acceptors (Lipinski definition) is 3. The van der Waals surface area contributed by atoms with Crippen molar-refractivity contribution in [2.45, 2.75) is 51.2 Å². The second kappa shape index (κ2) is 7.48. The highest BCUT2D eigenvalue weighted by molar-refractivity contribution is 8.15. The van der Waals surface area contributed by atoms with Crippen LogP contribution in [0.25, 0.3) is 0 Å². The third-order valence-corrected chi connectivity index (χ3v) is 4.51. The van der Waals surface area contributed by atoms with Crippen LogP contribution < -0.4 is 5.32 Å². The highest BCUT2D eigenvalue weighted by Gasteiger charge is 2.29. The Morgan fingerprint density at radius 1 is 1.20 bits per heavy atom. The van der Waals surface area contributed by atoms with Crippen LogP contribution in [-0.2, 0) is 4.79 Å². The van der Waals surface area contributed by atoms with Crippen LogP contribution in [0.3, 0.4) is 0 Å². The molecule has 3 nitrogen and oxygen atoms in total. The van der Waals surface area contributed by atoms with Crippen LogP contribution in [-0.4, -0.2) is 16.3 Å². The fourth-order valence-corrected chi connectivity index (χ4v) is 3.18. The van der Waals surface area contributed by atoms with Crippen LogP contribution in [0.15, 0.2) is 29.3 Å². The van der Waals surface area contributed by atoms with Gasteiger partial charge in [0.25, 0.3) is 0 Å². The first-order valence-electron chi connectivity index (χ1n) is 7.32. The number of hydrogen-bond donors (Lipinski definition) is 1. The molecule has 0 aliphatic carbocycles. The fourth-order valence-electron chi connectivity index (χ4n) is 2.14. The lowest BCUT2D eigenvalue weighted by Crippen LogP contribution is -2.24. The molecule has 2 rings (SSSR count). The number of thioether (sulfide) groups is 1. The van der Waals surface area contributed by atoms with Crippen LogP contribution in [0.2, 0.25) is 0 Å². The van der Waals surface area contributed by atoms with E-state index in [1.54, 1.807) is 11.8 Å². The SMILES string of the molecule is CCCCCCC1SC(=Nc2ccc(C)cc2)NC1=O. The van der Waals surface area contributed by atoms with Gasteiger partial charge in [-0.3, -0.25) is 4.79 Å². The quantitative estimate of drug-likeness (QED) is 0.798. The minimum Gasteiger partial charge on any atom is -0.304 e. The average Bonchev–Trinajstić information content (AvgIpc) is 2.78. The summed E-state index contributed by atoms with van der Waals surface area (Å²) < 4.78 is 0. The molecule has 1 aromatic carbocycles. The van der Waals surface area contributed by atoms with Crippen molar-refractivity contribution in [1.82, 2.24) is 5.32 Å². The third-order valence-electron chi connectivity index (χ3n) is 3.36. The van der Waals surface area contributed by atoms with E-state index in [4.69, 9.17) is 0 Å². The van der Waals surface area contributed by atoms with Gasteiger partial charge in [0.05, 0.1) is 10.9 Å². The molecule has 108 valence electrons. The summed E-state index contributed by atoms with van der Waals surface area (Å²) in [5.74, 6) is 0.109. The Balaban J connectivity index is 1.89. The van der Waals surface area contributed by atoms with Gasteiger partial charge >= 0.3 is 0 Å². The molecule has 0 saturated carbocycles. The van der Waals surface area contributed by atoms with E-state index in [9.17, 15) is 4.79 Å². The highest BCUT2D eigenvalue weighted by Crippen LogP contribution is 2.26. The summed E-state index contributed by atoms with van der Waals surface area (Å²) in [6.07, 6.45) is 5.76. The lowest BCUT2D eigenvalue weighted by Gasteiger charge is -2.03. The maximum atomic E-state index is 11.9. The number of unbranched alkanes of at least 4 members (excludes halogenated alkanes) is 3. The number of benzene rings is 1. The molecule has 1 N–H and O–H groups in total. The maximum Gasteiger partial charge on any atom is 0.239 e. The number of aliphatic imine (C=N–C) groups is 1. The van der Waals surface area contributed by atoms with Crippen LogP contribution in [0.1, 0.15) is 44.6 Å². The molecule has 0 radical (unpaired) electrons. The normalized spacial score (nSPS) is 20.4. The zero-order chi connectivity index (χ0) is 14.4. The molecule has 1 fully saturated rings. The highest BCUT2D eigenvalue weighted by atomic mass is 32.2. The van der Waals surface area contributed by atoms with Gasteiger partial charge in [0.1, 0.15) is 0 Å². The minimum atomic E-state index is 0.0380. The van der Waals surface area contributed by atoms with E-state index in [0.29, 0.717) is 0 Å². The smallest absolute Gasteiger partial charge is 0.239 e. The van der Waals surface area contributed by atoms with Crippen molar-refractivity contribution in [2.75, 3.05) is 0 Å². The van der Waals surface area contributed by atoms with E-state index in [2.05, 4.69) is 24.2 Å². The molecule has 1 aliphatic rings. The number of carbonyl (C=O) groups is 1. The Morgan fingerprint density at radius 3 is 2.65 bits per heavy atom. The first-order valence-corrected chi connectivity index (χ1v) is 8.20. The molecular weight excluding hydrogens is 268 g/mol. The summed E-state index contributed by atoms with van der Waals surface area (Å²) in [6.45, 7) is 4.25. The van der Waals surface area contributed by atoms with Crippen molar-refractivity contribution in [3.8, 4) is 0 Å². The third kappa shape index (κ3) is 4.37. The summed E-state index contributed by atoms with van der Waals surface area (Å²) in [4.78, 5) is 16.4. The first kappa shape index (κ1) is 15.1.